The van der Waals surface area contributed by atoms with E-state index in [1.807, 2.05) is 0 Å². The molecule has 1 saturated heterocycles. The number of aldehydes is 1. The SMILES string of the molecule is CC1CCCC(NC(=O)CN2CCCC(C=O)C2)C1C. The van der Waals surface area contributed by atoms with Crippen LogP contribution in [0.1, 0.15) is 46.0 Å². The van der Waals surface area contributed by atoms with Crippen LogP contribution < -0.4 is 5.32 Å². The predicted molar refractivity (Wildman–Crippen MR) is 79.3 cm³/mol. The van der Waals surface area contributed by atoms with Crippen LogP contribution in [-0.4, -0.2) is 42.8 Å². The Morgan fingerprint density at radius 2 is 2.05 bits per heavy atom. The molecule has 1 N–H and O–H groups in total. The third-order valence-electron chi connectivity index (χ3n) is 5.15. The Kier molecular flexibility index (Phi) is 5.58. The van der Waals surface area contributed by atoms with Gasteiger partial charge in [0.05, 0.1) is 6.54 Å². The molecule has 0 bridgehead atoms. The third-order valence-corrected chi connectivity index (χ3v) is 5.15. The molecule has 1 aliphatic heterocycles. The summed E-state index contributed by atoms with van der Waals surface area (Å²) < 4.78 is 0. The van der Waals surface area contributed by atoms with Gasteiger partial charge in [-0.3, -0.25) is 9.69 Å². The van der Waals surface area contributed by atoms with Crippen LogP contribution in [0.3, 0.4) is 0 Å². The minimum Gasteiger partial charge on any atom is -0.352 e. The second kappa shape index (κ2) is 7.21. The van der Waals surface area contributed by atoms with E-state index in [0.29, 0.717) is 24.4 Å². The molecule has 4 heteroatoms. The third kappa shape index (κ3) is 4.05. The highest BCUT2D eigenvalue weighted by molar-refractivity contribution is 5.78. The van der Waals surface area contributed by atoms with Gasteiger partial charge in [0.1, 0.15) is 6.29 Å². The van der Waals surface area contributed by atoms with Crippen LogP contribution in [0.15, 0.2) is 0 Å². The van der Waals surface area contributed by atoms with Crippen LogP contribution >= 0.6 is 0 Å². The number of carbonyl (C=O) groups is 2. The van der Waals surface area contributed by atoms with Crippen LogP contribution in [-0.2, 0) is 9.59 Å². The number of likely N-dealkylation sites (tertiary alicyclic amines) is 1. The van der Waals surface area contributed by atoms with Crippen molar-refractivity contribution in [2.75, 3.05) is 19.6 Å². The fraction of sp³-hybridized carbons (Fsp3) is 0.875. The molecule has 114 valence electrons. The first-order valence-electron chi connectivity index (χ1n) is 8.07. The highest BCUT2D eigenvalue weighted by atomic mass is 16.2. The zero-order chi connectivity index (χ0) is 14.5. The van der Waals surface area contributed by atoms with Crippen LogP contribution in [0, 0.1) is 17.8 Å². The second-order valence-corrected chi connectivity index (χ2v) is 6.71. The summed E-state index contributed by atoms with van der Waals surface area (Å²) >= 11 is 0. The van der Waals surface area contributed by atoms with Gasteiger partial charge in [0, 0.05) is 18.5 Å². The van der Waals surface area contributed by atoms with E-state index in [1.165, 1.54) is 12.8 Å². The lowest BCUT2D eigenvalue weighted by Crippen LogP contribution is -2.49. The average molecular weight is 280 g/mol. The van der Waals surface area contributed by atoms with E-state index in [-0.39, 0.29) is 11.8 Å². The van der Waals surface area contributed by atoms with Crippen molar-refractivity contribution in [3.05, 3.63) is 0 Å². The molecule has 0 radical (unpaired) electrons. The summed E-state index contributed by atoms with van der Waals surface area (Å²) in [5, 5.41) is 3.21. The Labute approximate surface area is 122 Å². The molecule has 1 heterocycles. The number of piperidine rings is 1. The molecule has 20 heavy (non-hydrogen) atoms. The smallest absolute Gasteiger partial charge is 0.234 e. The average Bonchev–Trinajstić information content (AvgIpc) is 2.44. The van der Waals surface area contributed by atoms with Gasteiger partial charge in [0.15, 0.2) is 0 Å². The molecule has 0 aromatic rings. The van der Waals surface area contributed by atoms with E-state index in [4.69, 9.17) is 0 Å². The largest absolute Gasteiger partial charge is 0.352 e. The molecule has 2 fully saturated rings. The van der Waals surface area contributed by atoms with Gasteiger partial charge in [-0.25, -0.2) is 0 Å². The minimum atomic E-state index is 0.116. The lowest BCUT2D eigenvalue weighted by Gasteiger charge is -2.35. The summed E-state index contributed by atoms with van der Waals surface area (Å²) in [6, 6.07) is 0.331. The Balaban J connectivity index is 1.78. The first-order chi connectivity index (χ1) is 9.60. The highest BCUT2D eigenvalue weighted by Crippen LogP contribution is 2.29. The van der Waals surface area contributed by atoms with Gasteiger partial charge >= 0.3 is 0 Å². The molecule has 1 aliphatic carbocycles. The number of carbonyl (C=O) groups excluding carboxylic acids is 2. The Bertz CT molecular complexity index is 345. The molecule has 4 nitrogen and oxygen atoms in total. The van der Waals surface area contributed by atoms with Crippen LogP contribution in [0.4, 0.5) is 0 Å². The molecule has 1 saturated carbocycles. The molecule has 0 spiro atoms. The predicted octanol–water partition coefficient (Wildman–Crippen LogP) is 1.84. The van der Waals surface area contributed by atoms with Gasteiger partial charge in [0.2, 0.25) is 5.91 Å². The van der Waals surface area contributed by atoms with Crippen molar-refractivity contribution in [2.24, 2.45) is 17.8 Å². The van der Waals surface area contributed by atoms with E-state index in [2.05, 4.69) is 24.1 Å². The Hall–Kier alpha value is -0.900. The summed E-state index contributed by atoms with van der Waals surface area (Å²) in [5.41, 5.74) is 0. The van der Waals surface area contributed by atoms with Crippen molar-refractivity contribution in [2.45, 2.75) is 52.0 Å². The van der Waals surface area contributed by atoms with E-state index < -0.39 is 0 Å². The summed E-state index contributed by atoms with van der Waals surface area (Å²) in [4.78, 5) is 25.2. The first kappa shape index (κ1) is 15.5. The van der Waals surface area contributed by atoms with Crippen LogP contribution in [0.5, 0.6) is 0 Å². The van der Waals surface area contributed by atoms with E-state index in [1.54, 1.807) is 0 Å². The van der Waals surface area contributed by atoms with Crippen molar-refractivity contribution < 1.29 is 9.59 Å². The fourth-order valence-electron chi connectivity index (χ4n) is 3.59. The van der Waals surface area contributed by atoms with E-state index >= 15 is 0 Å². The molecule has 1 amide bonds. The Morgan fingerprint density at radius 3 is 2.80 bits per heavy atom. The lowest BCUT2D eigenvalue weighted by molar-refractivity contribution is -0.125. The summed E-state index contributed by atoms with van der Waals surface area (Å²) in [6.07, 6.45) is 6.63. The van der Waals surface area contributed by atoms with Crippen molar-refractivity contribution >= 4 is 12.2 Å². The molecule has 2 aliphatic rings. The van der Waals surface area contributed by atoms with Crippen molar-refractivity contribution in [3.63, 3.8) is 0 Å². The molecular weight excluding hydrogens is 252 g/mol. The second-order valence-electron chi connectivity index (χ2n) is 6.71. The first-order valence-corrected chi connectivity index (χ1v) is 8.07. The minimum absolute atomic E-state index is 0.116. The maximum atomic E-state index is 12.2. The van der Waals surface area contributed by atoms with Gasteiger partial charge < -0.3 is 10.1 Å². The van der Waals surface area contributed by atoms with Crippen LogP contribution in [0.25, 0.3) is 0 Å². The topological polar surface area (TPSA) is 49.4 Å². The van der Waals surface area contributed by atoms with Gasteiger partial charge in [0.25, 0.3) is 0 Å². The summed E-state index contributed by atoms with van der Waals surface area (Å²) in [5.74, 6) is 1.51. The van der Waals surface area contributed by atoms with Gasteiger partial charge in [-0.1, -0.05) is 26.7 Å². The molecular formula is C16H28N2O2. The Morgan fingerprint density at radius 1 is 1.25 bits per heavy atom. The zero-order valence-corrected chi connectivity index (χ0v) is 12.8. The maximum absolute atomic E-state index is 12.2. The van der Waals surface area contributed by atoms with Crippen molar-refractivity contribution in [1.82, 2.24) is 10.2 Å². The molecule has 4 unspecified atom stereocenters. The zero-order valence-electron chi connectivity index (χ0n) is 12.8. The maximum Gasteiger partial charge on any atom is 0.234 e. The summed E-state index contributed by atoms with van der Waals surface area (Å²) in [7, 11) is 0. The van der Waals surface area contributed by atoms with Gasteiger partial charge in [-0.05, 0) is 37.6 Å². The van der Waals surface area contributed by atoms with Crippen LogP contribution in [0.2, 0.25) is 0 Å². The molecule has 4 atom stereocenters. The molecule has 0 aromatic carbocycles. The normalized spacial score (nSPS) is 35.5. The summed E-state index contributed by atoms with van der Waals surface area (Å²) in [6.45, 7) is 6.66. The molecule has 0 aromatic heterocycles. The quantitative estimate of drug-likeness (QED) is 0.799. The number of nitrogens with one attached hydrogen (secondary N) is 1. The van der Waals surface area contributed by atoms with E-state index in [9.17, 15) is 9.59 Å². The standard InChI is InChI=1S/C16H28N2O2/c1-12-5-3-7-15(13(12)2)17-16(20)10-18-8-4-6-14(9-18)11-19/h11-15H,3-10H2,1-2H3,(H,17,20). The molecule has 2 rings (SSSR count). The van der Waals surface area contributed by atoms with Gasteiger partial charge in [-0.15, -0.1) is 0 Å². The van der Waals surface area contributed by atoms with Gasteiger partial charge in [-0.2, -0.15) is 0 Å². The number of hydrogen-bond acceptors (Lipinski definition) is 3. The van der Waals surface area contributed by atoms with Crippen molar-refractivity contribution in [1.29, 1.82) is 0 Å². The number of rotatable bonds is 4. The van der Waals surface area contributed by atoms with E-state index in [0.717, 1.165) is 38.6 Å². The number of hydrogen-bond donors (Lipinski definition) is 1. The highest BCUT2D eigenvalue weighted by Gasteiger charge is 2.29. The fourth-order valence-corrected chi connectivity index (χ4v) is 3.59. The number of amides is 1. The van der Waals surface area contributed by atoms with Crippen molar-refractivity contribution in [3.8, 4) is 0 Å². The lowest BCUT2D eigenvalue weighted by atomic mass is 9.78. The monoisotopic (exact) mass is 280 g/mol. The number of nitrogens with zero attached hydrogens (tertiary/aromatic N) is 1.